The third-order valence-corrected chi connectivity index (χ3v) is 14.4. The molecule has 0 aromatic heterocycles. The molecule has 2 heterocycles. The summed E-state index contributed by atoms with van der Waals surface area (Å²) in [7, 11) is -3.55. The molecule has 5 atom stereocenters. The van der Waals surface area contributed by atoms with Crippen molar-refractivity contribution in [2.75, 3.05) is 18.8 Å². The van der Waals surface area contributed by atoms with E-state index in [2.05, 4.69) is 35.1 Å². The molecule has 0 unspecified atom stereocenters. The van der Waals surface area contributed by atoms with E-state index in [0.29, 0.717) is 51.6 Å². The number of carbonyl (C=O) groups excluding carboxylic acids is 5. The van der Waals surface area contributed by atoms with Gasteiger partial charge in [-0.3, -0.25) is 19.2 Å². The van der Waals surface area contributed by atoms with Crippen molar-refractivity contribution >= 4 is 39.4 Å². The minimum Gasteiger partial charge on any atom is -0.350 e. The summed E-state index contributed by atoms with van der Waals surface area (Å²) < 4.78 is 25.7. The predicted molar refractivity (Wildman–Crippen MR) is 188 cm³/mol. The molecule has 13 heteroatoms. The second-order valence-electron chi connectivity index (χ2n) is 16.6. The quantitative estimate of drug-likeness (QED) is 0.292. The summed E-state index contributed by atoms with van der Waals surface area (Å²) in [4.78, 5) is 69.5. The molecule has 4 N–H and O–H groups in total. The summed E-state index contributed by atoms with van der Waals surface area (Å²) in [5.74, 6) is -2.39. The normalized spacial score (nSPS) is 29.5. The number of carbonyl (C=O) groups is 5. The maximum atomic E-state index is 14.4. The molecule has 0 aromatic rings. The summed E-state index contributed by atoms with van der Waals surface area (Å²) in [5, 5.41) is 11.4. The average Bonchev–Trinajstić information content (AvgIpc) is 3.32. The van der Waals surface area contributed by atoms with Crippen molar-refractivity contribution in [2.24, 2.45) is 17.3 Å². The number of sulfone groups is 1. The Kier molecular flexibility index (Phi) is 12.5. The zero-order valence-corrected chi connectivity index (χ0v) is 31.4. The Balaban J connectivity index is 1.58. The first-order chi connectivity index (χ1) is 22.9. The van der Waals surface area contributed by atoms with Crippen molar-refractivity contribution in [2.45, 2.75) is 160 Å². The Morgan fingerprint density at radius 3 is 2.06 bits per heavy atom. The van der Waals surface area contributed by atoms with Crippen LogP contribution in [0.15, 0.2) is 0 Å². The average molecular weight is 708 g/mol. The standard InChI is InChI=1S/C36H61N5O7S/c1-7-37-31(44)29(42)25-18-14-11-9-8-10-12-15-19-26(32(45)41-22-24-27(35(24,5)6)28(41)30(43)38-25)39-33(46)40-36(20-16-13-17-21-36)23-49(47,48)34(2,3)4/h24-28H,7-23H2,1-6H3,(H,37,44)(H,38,43)(H2,39,40,46)/t24-,25-,26-,27-,28-/m0/s1. The van der Waals surface area contributed by atoms with E-state index in [-0.39, 0.29) is 28.9 Å². The Morgan fingerprint density at radius 1 is 0.898 bits per heavy atom. The van der Waals surface area contributed by atoms with E-state index in [4.69, 9.17) is 0 Å². The molecule has 49 heavy (non-hydrogen) atoms. The van der Waals surface area contributed by atoms with Crippen LogP contribution in [0.4, 0.5) is 4.79 Å². The fraction of sp³-hybridized carbons (Fsp3) is 0.861. The lowest BCUT2D eigenvalue weighted by molar-refractivity contribution is -0.144. The Labute approximate surface area is 293 Å². The summed E-state index contributed by atoms with van der Waals surface area (Å²) in [6, 6.07) is -3.30. The minimum absolute atomic E-state index is 0.0921. The van der Waals surface area contributed by atoms with Crippen molar-refractivity contribution in [3.05, 3.63) is 0 Å². The number of likely N-dealkylation sites (N-methyl/N-ethyl adjacent to an activating group) is 1. The van der Waals surface area contributed by atoms with Gasteiger partial charge in [-0.15, -0.1) is 0 Å². The van der Waals surface area contributed by atoms with Crippen LogP contribution < -0.4 is 21.3 Å². The van der Waals surface area contributed by atoms with Gasteiger partial charge in [0.25, 0.3) is 5.91 Å². The number of Topliss-reactive ketones (excluding diaryl/α,β-unsaturated/α-hetero) is 1. The van der Waals surface area contributed by atoms with Gasteiger partial charge in [0.05, 0.1) is 22.1 Å². The topological polar surface area (TPSA) is 171 Å². The van der Waals surface area contributed by atoms with Gasteiger partial charge in [-0.25, -0.2) is 13.2 Å². The lowest BCUT2D eigenvalue weighted by atomic mass is 9.83. The zero-order chi connectivity index (χ0) is 36.2. The molecule has 4 rings (SSSR count). The molecule has 0 radical (unpaired) electrons. The van der Waals surface area contributed by atoms with Crippen LogP contribution >= 0.6 is 0 Å². The second kappa shape index (κ2) is 15.7. The third-order valence-electron chi connectivity index (χ3n) is 11.6. The van der Waals surface area contributed by atoms with Crippen LogP contribution in [-0.4, -0.2) is 90.1 Å². The Hall–Kier alpha value is -2.70. The number of nitrogens with zero attached hydrogens (tertiary/aromatic N) is 1. The van der Waals surface area contributed by atoms with E-state index >= 15 is 0 Å². The molecule has 4 fully saturated rings. The largest absolute Gasteiger partial charge is 0.350 e. The molecule has 4 aliphatic rings. The van der Waals surface area contributed by atoms with Crippen molar-refractivity contribution in [1.29, 1.82) is 0 Å². The van der Waals surface area contributed by atoms with E-state index in [1.165, 1.54) is 0 Å². The van der Waals surface area contributed by atoms with Gasteiger partial charge in [0.1, 0.15) is 12.1 Å². The molecular weight excluding hydrogens is 646 g/mol. The number of hydrogen-bond acceptors (Lipinski definition) is 7. The molecule has 0 spiro atoms. The predicted octanol–water partition coefficient (Wildman–Crippen LogP) is 3.77. The summed E-state index contributed by atoms with van der Waals surface area (Å²) in [5.41, 5.74) is -1.10. The number of hydrogen-bond donors (Lipinski definition) is 4. The van der Waals surface area contributed by atoms with Gasteiger partial charge in [0.15, 0.2) is 9.84 Å². The van der Waals surface area contributed by atoms with Crippen LogP contribution in [0.5, 0.6) is 0 Å². The van der Waals surface area contributed by atoms with Crippen LogP contribution in [0.2, 0.25) is 0 Å². The highest BCUT2D eigenvalue weighted by molar-refractivity contribution is 7.92. The van der Waals surface area contributed by atoms with Gasteiger partial charge < -0.3 is 26.2 Å². The fourth-order valence-corrected chi connectivity index (χ4v) is 9.85. The van der Waals surface area contributed by atoms with Crippen LogP contribution in [-0.2, 0) is 29.0 Å². The van der Waals surface area contributed by atoms with E-state index in [9.17, 15) is 32.4 Å². The van der Waals surface area contributed by atoms with Gasteiger partial charge in [-0.05, 0) is 70.6 Å². The van der Waals surface area contributed by atoms with Crippen molar-refractivity contribution in [1.82, 2.24) is 26.2 Å². The lowest BCUT2D eigenvalue weighted by Gasteiger charge is -2.40. The maximum absolute atomic E-state index is 14.4. The van der Waals surface area contributed by atoms with Gasteiger partial charge in [-0.2, -0.15) is 0 Å². The molecular formula is C36H61N5O7S. The SMILES string of the molecule is CCNC(=O)C(=O)[C@@H]1CCCCCCCCC[C@H](NC(=O)NC2(CS(=O)(=O)C(C)(C)C)CCCCC2)C(=O)N2C[C@H]3[C@@H]([C@H]2C(=O)N1)C3(C)C. The number of urea groups is 1. The molecule has 0 aromatic carbocycles. The molecule has 2 saturated carbocycles. The first-order valence-corrected chi connectivity index (χ1v) is 20.3. The van der Waals surface area contributed by atoms with Gasteiger partial charge in [-0.1, -0.05) is 78.1 Å². The first kappa shape index (κ1) is 39.1. The van der Waals surface area contributed by atoms with Crippen LogP contribution in [0.3, 0.4) is 0 Å². The van der Waals surface area contributed by atoms with Crippen molar-refractivity contribution in [3.8, 4) is 0 Å². The first-order valence-electron chi connectivity index (χ1n) is 18.7. The number of amides is 5. The molecule has 2 saturated heterocycles. The Morgan fingerprint density at radius 2 is 1.47 bits per heavy atom. The number of rotatable bonds is 7. The van der Waals surface area contributed by atoms with Crippen LogP contribution in [0, 0.1) is 17.3 Å². The monoisotopic (exact) mass is 707 g/mol. The third kappa shape index (κ3) is 9.16. The molecule has 5 amide bonds. The summed E-state index contributed by atoms with van der Waals surface area (Å²) in [6.07, 6.45) is 10.4. The zero-order valence-electron chi connectivity index (χ0n) is 30.6. The van der Waals surface area contributed by atoms with E-state index in [1.54, 1.807) is 32.6 Å². The number of fused-ring (bicyclic) bond motifs is 3. The highest BCUT2D eigenvalue weighted by Gasteiger charge is 2.69. The summed E-state index contributed by atoms with van der Waals surface area (Å²) in [6.45, 7) is 11.5. The number of nitrogens with one attached hydrogen (secondary N) is 4. The molecule has 2 aliphatic carbocycles. The second-order valence-corrected chi connectivity index (χ2v) is 19.3. The smallest absolute Gasteiger partial charge is 0.315 e. The van der Waals surface area contributed by atoms with Gasteiger partial charge in [0.2, 0.25) is 17.6 Å². The van der Waals surface area contributed by atoms with E-state index in [1.807, 2.05) is 0 Å². The lowest BCUT2D eigenvalue weighted by Crippen LogP contribution is -2.62. The van der Waals surface area contributed by atoms with E-state index < -0.39 is 61.9 Å². The van der Waals surface area contributed by atoms with E-state index in [0.717, 1.165) is 51.4 Å². The number of ketones is 1. The highest BCUT2D eigenvalue weighted by Crippen LogP contribution is 2.65. The fourth-order valence-electron chi connectivity index (χ4n) is 8.33. The van der Waals surface area contributed by atoms with Crippen LogP contribution in [0.1, 0.15) is 131 Å². The summed E-state index contributed by atoms with van der Waals surface area (Å²) >= 11 is 0. The van der Waals surface area contributed by atoms with Crippen LogP contribution in [0.25, 0.3) is 0 Å². The van der Waals surface area contributed by atoms with Crippen molar-refractivity contribution < 1.29 is 32.4 Å². The minimum atomic E-state index is -3.55. The number of piperidine rings is 1. The molecule has 12 nitrogen and oxygen atoms in total. The molecule has 2 aliphatic heterocycles. The van der Waals surface area contributed by atoms with Gasteiger partial charge >= 0.3 is 6.03 Å². The highest BCUT2D eigenvalue weighted by atomic mass is 32.2. The maximum Gasteiger partial charge on any atom is 0.315 e. The van der Waals surface area contributed by atoms with Crippen molar-refractivity contribution in [3.63, 3.8) is 0 Å². The van der Waals surface area contributed by atoms with Gasteiger partial charge in [0, 0.05) is 13.1 Å². The molecule has 0 bridgehead atoms. The molecule has 278 valence electrons. The Bertz CT molecular complexity index is 1350.